The number of hydrogen-bond acceptors (Lipinski definition) is 18. The summed E-state index contributed by atoms with van der Waals surface area (Å²) in [6.07, 6.45) is 12.4. The largest absolute Gasteiger partial charge is 0.507 e. The second-order valence-corrected chi connectivity index (χ2v) is 26.3. The molecule has 6 aromatic rings. The number of aromatic hydroxyl groups is 1. The third kappa shape index (κ3) is 11.7. The number of aliphatic hydroxyl groups excluding tert-OH is 1. The van der Waals surface area contributed by atoms with Crippen molar-refractivity contribution >= 4 is 46.2 Å². The Bertz CT molecular complexity index is 3280. The molecule has 6 aliphatic heterocycles. The number of anilines is 4. The lowest BCUT2D eigenvalue weighted by molar-refractivity contribution is -0.141. The van der Waals surface area contributed by atoms with E-state index in [0.29, 0.717) is 58.7 Å². The number of rotatable bonds is 17. The summed E-state index contributed by atoms with van der Waals surface area (Å²) in [6, 6.07) is 23.3. The van der Waals surface area contributed by atoms with Crippen molar-refractivity contribution < 1.29 is 33.8 Å². The number of nitrogens with one attached hydrogen (secondary N) is 1. The van der Waals surface area contributed by atoms with Crippen molar-refractivity contribution in [2.75, 3.05) is 66.2 Å². The van der Waals surface area contributed by atoms with Crippen LogP contribution in [0.4, 0.5) is 23.0 Å². The zero-order chi connectivity index (χ0) is 57.8. The van der Waals surface area contributed by atoms with Crippen LogP contribution in [0.25, 0.3) is 21.7 Å². The van der Waals surface area contributed by atoms with Gasteiger partial charge in [0.1, 0.15) is 23.8 Å². The molecule has 20 heteroatoms. The van der Waals surface area contributed by atoms with Gasteiger partial charge in [0, 0.05) is 113 Å². The Hall–Kier alpha value is -6.87. The first-order valence-corrected chi connectivity index (χ1v) is 31.6. The number of benzene rings is 2. The van der Waals surface area contributed by atoms with E-state index < -0.39 is 18.1 Å². The van der Waals surface area contributed by atoms with Gasteiger partial charge in [-0.3, -0.25) is 9.59 Å². The van der Waals surface area contributed by atoms with Crippen molar-refractivity contribution in [2.24, 2.45) is 17.8 Å². The molecule has 4 aromatic heterocycles. The third-order valence-electron chi connectivity index (χ3n) is 19.4. The number of thiazole rings is 1. The number of pyridine rings is 1. The highest BCUT2D eigenvalue weighted by Gasteiger charge is 2.46. The molecule has 0 spiro atoms. The lowest BCUT2D eigenvalue weighted by atomic mass is 9.91. The fourth-order valence-corrected chi connectivity index (χ4v) is 15.8. The Kier molecular flexibility index (Phi) is 16.0. The van der Waals surface area contributed by atoms with E-state index in [-0.39, 0.29) is 60.8 Å². The number of aryl methyl sites for hydroxylation is 1. The average molecular weight is 1160 g/mol. The van der Waals surface area contributed by atoms with Crippen LogP contribution in [0.1, 0.15) is 120 Å². The molecule has 444 valence electrons. The summed E-state index contributed by atoms with van der Waals surface area (Å²) in [4.78, 5) is 50.2. The molecule has 9 atom stereocenters. The van der Waals surface area contributed by atoms with Gasteiger partial charge in [-0.25, -0.2) is 9.97 Å². The standard InChI is InChI=1S/C64H80N12O7S/c1-37(2)60(64(80)75-35-48(77)26-55(75)63(79)68-38(3)42-10-12-43(13-11-42)61-39(4)67-36-84-61)57-30-58(71-83-57)74-32-40-9-14-44(74)24-41(23-40)31-72-21-18-49(19-22-72)81-50-27-51(28-50)82-59-25-45(17-20-66-59)76-46-15-16-47(76)34-73(33-46)54-29-53(69-70-62(54)65)52-7-5-6-8-56(52)78/h5-8,10-13,17,20,25,29-30,36-38,40-41,44,46-51,55,60,77-78H,9,14-16,18-19,21-24,26-28,31-35H2,1-4H3,(H2,65,70)(H,68,79)/t38-,40?,41?,44?,46?,47?,48+,50?,51?,55-,60+/m0/s1. The van der Waals surface area contributed by atoms with Crippen LogP contribution >= 0.6 is 11.3 Å². The fraction of sp³-hybridized carbons (Fsp3) is 0.547. The number of nitrogen functional groups attached to an aromatic ring is 1. The number of para-hydroxylation sites is 1. The number of phenolic OH excluding ortho intramolecular Hbond substituents is 1. The lowest BCUT2D eigenvalue weighted by Gasteiger charge is -2.43. The number of ether oxygens (including phenoxy) is 2. The van der Waals surface area contributed by atoms with Crippen molar-refractivity contribution in [1.82, 2.24) is 40.4 Å². The Morgan fingerprint density at radius 2 is 1.61 bits per heavy atom. The number of nitrogens with zero attached hydrogens (tertiary/aromatic N) is 10. The van der Waals surface area contributed by atoms with Crippen LogP contribution in [0.3, 0.4) is 0 Å². The number of piperidine rings is 2. The van der Waals surface area contributed by atoms with E-state index in [1.807, 2.05) is 75.8 Å². The number of aliphatic hydroxyl groups is 1. The van der Waals surface area contributed by atoms with E-state index >= 15 is 0 Å². The van der Waals surface area contributed by atoms with Gasteiger partial charge in [-0.15, -0.1) is 21.5 Å². The first kappa shape index (κ1) is 56.3. The van der Waals surface area contributed by atoms with Crippen molar-refractivity contribution in [3.05, 3.63) is 102 Å². The van der Waals surface area contributed by atoms with E-state index in [2.05, 4.69) is 74.5 Å². The van der Waals surface area contributed by atoms with Gasteiger partial charge in [-0.2, -0.15) is 0 Å². The minimum absolute atomic E-state index is 0.0855. The maximum atomic E-state index is 14.6. The molecule has 2 aliphatic carbocycles. The van der Waals surface area contributed by atoms with E-state index in [0.717, 1.165) is 130 Å². The van der Waals surface area contributed by atoms with Crippen molar-refractivity contribution in [3.63, 3.8) is 0 Å². The second kappa shape index (κ2) is 23.9. The van der Waals surface area contributed by atoms with Crippen LogP contribution in [-0.4, -0.2) is 152 Å². The number of likely N-dealkylation sites (tertiary alicyclic amines) is 2. The topological polar surface area (TPSA) is 225 Å². The van der Waals surface area contributed by atoms with Gasteiger partial charge < -0.3 is 59.8 Å². The first-order valence-electron chi connectivity index (χ1n) is 30.7. The maximum absolute atomic E-state index is 14.6. The number of phenols is 1. The monoisotopic (exact) mass is 1160 g/mol. The van der Waals surface area contributed by atoms with Gasteiger partial charge in [0.05, 0.1) is 51.8 Å². The minimum atomic E-state index is -0.803. The number of fused-ring (bicyclic) bond motifs is 6. The first-order chi connectivity index (χ1) is 40.7. The van der Waals surface area contributed by atoms with Crippen molar-refractivity contribution in [2.45, 2.75) is 159 Å². The molecular formula is C64H80N12O7S. The molecular weight excluding hydrogens is 1080 g/mol. The van der Waals surface area contributed by atoms with Crippen molar-refractivity contribution in [3.8, 4) is 33.3 Å². The molecule has 2 amide bonds. The summed E-state index contributed by atoms with van der Waals surface area (Å²) in [5.74, 6) is 2.39. The summed E-state index contributed by atoms with van der Waals surface area (Å²) < 4.78 is 19.3. The van der Waals surface area contributed by atoms with Crippen LogP contribution in [0.15, 0.2) is 89.0 Å². The predicted molar refractivity (Wildman–Crippen MR) is 323 cm³/mol. The summed E-state index contributed by atoms with van der Waals surface area (Å²) in [7, 11) is 0. The molecule has 5 N–H and O–H groups in total. The molecule has 2 aromatic carbocycles. The summed E-state index contributed by atoms with van der Waals surface area (Å²) in [5.41, 5.74) is 14.5. The molecule has 19 nitrogen and oxygen atoms in total. The molecule has 10 heterocycles. The smallest absolute Gasteiger partial charge is 0.243 e. The highest BCUT2D eigenvalue weighted by atomic mass is 32.1. The molecule has 2 saturated carbocycles. The quantitative estimate of drug-likeness (QED) is 0.0670. The number of nitrogens with two attached hydrogens (primary N) is 1. The molecule has 14 rings (SSSR count). The van der Waals surface area contributed by atoms with Crippen LogP contribution in [-0.2, 0) is 14.3 Å². The Labute approximate surface area is 495 Å². The minimum Gasteiger partial charge on any atom is -0.507 e. The van der Waals surface area contributed by atoms with Crippen LogP contribution < -0.4 is 30.5 Å². The number of amides is 2. The van der Waals surface area contributed by atoms with E-state index in [9.17, 15) is 19.8 Å². The maximum Gasteiger partial charge on any atom is 0.243 e. The second-order valence-electron chi connectivity index (χ2n) is 25.4. The number of carbonyl (C=O) groups excluding carboxylic acids is 2. The highest BCUT2D eigenvalue weighted by molar-refractivity contribution is 7.13. The Balaban J connectivity index is 0.558. The van der Waals surface area contributed by atoms with E-state index in [1.54, 1.807) is 28.4 Å². The fourth-order valence-electron chi connectivity index (χ4n) is 15.0. The van der Waals surface area contributed by atoms with Crippen LogP contribution in [0.5, 0.6) is 11.6 Å². The Morgan fingerprint density at radius 1 is 0.833 bits per heavy atom. The number of β-amino-alcohol motifs (C(OH)–C–C–N with tert-alkyl or cyclic N) is 1. The molecule has 84 heavy (non-hydrogen) atoms. The van der Waals surface area contributed by atoms with Gasteiger partial charge >= 0.3 is 0 Å². The van der Waals surface area contributed by atoms with Gasteiger partial charge in [0.25, 0.3) is 0 Å². The zero-order valence-corrected chi connectivity index (χ0v) is 49.5. The van der Waals surface area contributed by atoms with E-state index in [1.165, 1.54) is 12.8 Å². The SMILES string of the molecule is Cc1ncsc1-c1ccc([C@H](C)NC(=O)[C@@H]2C[C@@H](O)CN2C(=O)[C@@H](c2cc(N3CC4CCC3CC(CN3CCC(OC5CC(Oc6cc(N7C8CCC7CN(c7cc(-c9ccccc9O)nnc7N)C8)ccn6)C5)CC3)C4)no2)C(C)C)cc1. The normalized spacial score (nSPS) is 27.0. The van der Waals surface area contributed by atoms with Gasteiger partial charge in [0.15, 0.2) is 17.4 Å². The molecule has 6 saturated heterocycles. The summed E-state index contributed by atoms with van der Waals surface area (Å²) >= 11 is 1.60. The highest BCUT2D eigenvalue weighted by Crippen LogP contribution is 2.43. The van der Waals surface area contributed by atoms with E-state index in [4.69, 9.17) is 19.7 Å². The zero-order valence-electron chi connectivity index (χ0n) is 48.7. The Morgan fingerprint density at radius 3 is 2.36 bits per heavy atom. The summed E-state index contributed by atoms with van der Waals surface area (Å²) in [6.45, 7) is 13.7. The molecule has 8 fully saturated rings. The molecule has 5 unspecified atom stereocenters. The summed E-state index contributed by atoms with van der Waals surface area (Å²) in [5, 5.41) is 37.8. The number of hydrogen-bond donors (Lipinski definition) is 4. The molecule has 8 aliphatic rings. The average Bonchev–Trinajstić information content (AvgIpc) is 4.42. The van der Waals surface area contributed by atoms with Gasteiger partial charge in [0.2, 0.25) is 17.7 Å². The van der Waals surface area contributed by atoms with Gasteiger partial charge in [-0.05, 0) is 118 Å². The lowest BCUT2D eigenvalue weighted by Crippen LogP contribution is -2.54. The number of carbonyl (C=O) groups is 2. The van der Waals surface area contributed by atoms with Gasteiger partial charge in [-0.1, -0.05) is 55.4 Å². The van der Waals surface area contributed by atoms with Crippen LogP contribution in [0.2, 0.25) is 0 Å². The van der Waals surface area contributed by atoms with Crippen LogP contribution in [0, 0.1) is 24.7 Å². The van der Waals surface area contributed by atoms with Crippen molar-refractivity contribution in [1.29, 1.82) is 0 Å². The number of aromatic nitrogens is 5. The molecule has 0 radical (unpaired) electrons. The third-order valence-corrected chi connectivity index (χ3v) is 20.3. The molecule has 4 bridgehead atoms. The predicted octanol–water partition coefficient (Wildman–Crippen LogP) is 8.77. The number of piperazine rings is 1.